The van der Waals surface area contributed by atoms with Gasteiger partial charge in [-0.3, -0.25) is 25.2 Å². The average molecular weight is 430 g/mol. The van der Waals surface area contributed by atoms with Crippen LogP contribution in [-0.2, 0) is 9.53 Å². The highest BCUT2D eigenvalue weighted by molar-refractivity contribution is 6.15. The zero-order valence-electron chi connectivity index (χ0n) is 17.7. The van der Waals surface area contributed by atoms with Gasteiger partial charge >= 0.3 is 5.97 Å². The van der Waals surface area contributed by atoms with Crippen LogP contribution in [0.1, 0.15) is 47.8 Å². The maximum absolute atomic E-state index is 13.1. The van der Waals surface area contributed by atoms with Gasteiger partial charge in [-0.15, -0.1) is 0 Å². The first-order valence-electron chi connectivity index (χ1n) is 9.89. The Kier molecular flexibility index (Phi) is 7.13. The van der Waals surface area contributed by atoms with Gasteiger partial charge in [-0.2, -0.15) is 0 Å². The monoisotopic (exact) mass is 430 g/mol. The predicted octanol–water partition coefficient (Wildman–Crippen LogP) is 3.15. The lowest BCUT2D eigenvalue weighted by atomic mass is 9.94. The van der Waals surface area contributed by atoms with Crippen LogP contribution in [0, 0.1) is 13.8 Å². The smallest absolute Gasteiger partial charge is 0.339 e. The Morgan fingerprint density at radius 2 is 1.41 bits per heavy atom. The molecule has 0 atom stereocenters. The third-order valence-corrected chi connectivity index (χ3v) is 4.72. The molecular formula is C25H22N2O5. The van der Waals surface area contributed by atoms with Crippen molar-refractivity contribution < 1.29 is 23.9 Å². The van der Waals surface area contributed by atoms with Gasteiger partial charge < -0.3 is 4.74 Å². The number of hydrogen-bond donors (Lipinski definition) is 2. The summed E-state index contributed by atoms with van der Waals surface area (Å²) in [4.78, 5) is 49.5. The van der Waals surface area contributed by atoms with Crippen LogP contribution in [0.15, 0.2) is 72.8 Å². The molecule has 2 N–H and O–H groups in total. The second-order valence-electron chi connectivity index (χ2n) is 7.14. The summed E-state index contributed by atoms with van der Waals surface area (Å²) in [5.41, 5.74) is 7.23. The SMILES string of the molecule is Cc1ccc(C)c(C(=O)c2ccccc2C(=O)OCC(=O)NNC(=O)c2ccccc2)c1. The summed E-state index contributed by atoms with van der Waals surface area (Å²) < 4.78 is 5.05. The molecule has 0 bridgehead atoms. The van der Waals surface area contributed by atoms with Crippen molar-refractivity contribution in [3.05, 3.63) is 106 Å². The van der Waals surface area contributed by atoms with Crippen molar-refractivity contribution in [2.24, 2.45) is 0 Å². The van der Waals surface area contributed by atoms with E-state index in [0.29, 0.717) is 11.1 Å². The second-order valence-corrected chi connectivity index (χ2v) is 7.14. The molecular weight excluding hydrogens is 408 g/mol. The van der Waals surface area contributed by atoms with Crippen LogP contribution in [-0.4, -0.2) is 30.2 Å². The fourth-order valence-electron chi connectivity index (χ4n) is 3.02. The molecule has 0 spiro atoms. The molecule has 162 valence electrons. The van der Waals surface area contributed by atoms with Gasteiger partial charge in [0.25, 0.3) is 11.8 Å². The minimum absolute atomic E-state index is 0.0551. The summed E-state index contributed by atoms with van der Waals surface area (Å²) in [7, 11) is 0. The number of esters is 1. The summed E-state index contributed by atoms with van der Waals surface area (Å²) in [5, 5.41) is 0. The van der Waals surface area contributed by atoms with E-state index < -0.39 is 24.4 Å². The Morgan fingerprint density at radius 3 is 2.12 bits per heavy atom. The molecule has 0 unspecified atom stereocenters. The molecule has 3 rings (SSSR count). The lowest BCUT2D eigenvalue weighted by molar-refractivity contribution is -0.125. The third kappa shape index (κ3) is 5.46. The molecule has 0 saturated heterocycles. The zero-order chi connectivity index (χ0) is 23.1. The lowest BCUT2D eigenvalue weighted by Crippen LogP contribution is -2.43. The minimum atomic E-state index is -0.816. The largest absolute Gasteiger partial charge is 0.452 e. The van der Waals surface area contributed by atoms with Crippen molar-refractivity contribution in [3.8, 4) is 0 Å². The van der Waals surface area contributed by atoms with Crippen LogP contribution in [0.4, 0.5) is 0 Å². The van der Waals surface area contributed by atoms with E-state index in [0.717, 1.165) is 11.1 Å². The predicted molar refractivity (Wildman–Crippen MR) is 118 cm³/mol. The lowest BCUT2D eigenvalue weighted by Gasteiger charge is -2.11. The van der Waals surface area contributed by atoms with Crippen LogP contribution < -0.4 is 10.9 Å². The summed E-state index contributed by atoms with van der Waals surface area (Å²) >= 11 is 0. The number of aryl methyl sites for hydroxylation is 2. The van der Waals surface area contributed by atoms with E-state index in [1.807, 2.05) is 26.0 Å². The number of carbonyl (C=O) groups is 4. The molecule has 0 heterocycles. The topological polar surface area (TPSA) is 102 Å². The van der Waals surface area contributed by atoms with E-state index in [2.05, 4.69) is 10.9 Å². The quantitative estimate of drug-likeness (QED) is 0.355. The molecule has 3 aromatic carbocycles. The van der Waals surface area contributed by atoms with Crippen LogP contribution >= 0.6 is 0 Å². The highest BCUT2D eigenvalue weighted by atomic mass is 16.5. The van der Waals surface area contributed by atoms with Gasteiger partial charge in [0.15, 0.2) is 12.4 Å². The molecule has 7 heteroatoms. The van der Waals surface area contributed by atoms with Crippen molar-refractivity contribution in [2.45, 2.75) is 13.8 Å². The van der Waals surface area contributed by atoms with E-state index in [9.17, 15) is 19.2 Å². The fraction of sp³-hybridized carbons (Fsp3) is 0.120. The molecule has 0 saturated carbocycles. The third-order valence-electron chi connectivity index (χ3n) is 4.72. The first-order chi connectivity index (χ1) is 15.4. The molecule has 7 nitrogen and oxygen atoms in total. The molecule has 0 aromatic heterocycles. The van der Waals surface area contributed by atoms with Gasteiger partial charge in [0, 0.05) is 16.7 Å². The highest BCUT2D eigenvalue weighted by Crippen LogP contribution is 2.19. The standard InChI is InChI=1S/C25H22N2O5/c1-16-12-13-17(2)21(14-16)23(29)19-10-6-7-11-20(19)25(31)32-15-22(28)26-27-24(30)18-8-4-3-5-9-18/h3-14H,15H2,1-2H3,(H,26,28)(H,27,30). The van der Waals surface area contributed by atoms with Crippen LogP contribution in [0.3, 0.4) is 0 Å². The highest BCUT2D eigenvalue weighted by Gasteiger charge is 2.21. The molecule has 3 aromatic rings. The normalized spacial score (nSPS) is 10.2. The van der Waals surface area contributed by atoms with Gasteiger partial charge in [-0.1, -0.05) is 54.1 Å². The van der Waals surface area contributed by atoms with Crippen molar-refractivity contribution in [1.82, 2.24) is 10.9 Å². The second kappa shape index (κ2) is 10.2. The molecule has 0 aliphatic carbocycles. The van der Waals surface area contributed by atoms with E-state index in [1.54, 1.807) is 54.6 Å². The Hall–Kier alpha value is -4.26. The van der Waals surface area contributed by atoms with Gasteiger partial charge in [-0.25, -0.2) is 4.79 Å². The Morgan fingerprint density at radius 1 is 0.750 bits per heavy atom. The van der Waals surface area contributed by atoms with Crippen molar-refractivity contribution >= 4 is 23.6 Å². The van der Waals surface area contributed by atoms with E-state index >= 15 is 0 Å². The van der Waals surface area contributed by atoms with Gasteiger partial charge in [-0.05, 0) is 43.7 Å². The zero-order valence-corrected chi connectivity index (χ0v) is 17.7. The average Bonchev–Trinajstić information content (AvgIpc) is 2.82. The molecule has 32 heavy (non-hydrogen) atoms. The fourth-order valence-corrected chi connectivity index (χ4v) is 3.02. The molecule has 0 aliphatic heterocycles. The van der Waals surface area contributed by atoms with Crippen LogP contribution in [0.25, 0.3) is 0 Å². The number of amides is 2. The van der Waals surface area contributed by atoms with E-state index in [1.165, 1.54) is 6.07 Å². The van der Waals surface area contributed by atoms with E-state index in [-0.39, 0.29) is 16.9 Å². The summed E-state index contributed by atoms with van der Waals surface area (Å²) in [5.74, 6) is -2.35. The van der Waals surface area contributed by atoms with Crippen molar-refractivity contribution in [1.29, 1.82) is 0 Å². The van der Waals surface area contributed by atoms with E-state index in [4.69, 9.17) is 4.74 Å². The number of ketones is 1. The first kappa shape index (κ1) is 22.4. The maximum Gasteiger partial charge on any atom is 0.339 e. The maximum atomic E-state index is 13.1. The van der Waals surface area contributed by atoms with Crippen LogP contribution in [0.5, 0.6) is 0 Å². The van der Waals surface area contributed by atoms with Crippen LogP contribution in [0.2, 0.25) is 0 Å². The minimum Gasteiger partial charge on any atom is -0.452 e. The number of nitrogens with one attached hydrogen (secondary N) is 2. The number of hydrogen-bond acceptors (Lipinski definition) is 5. The Bertz CT molecular complexity index is 1170. The number of rotatable bonds is 6. The number of carbonyl (C=O) groups excluding carboxylic acids is 4. The molecule has 0 radical (unpaired) electrons. The Labute approximate surface area is 185 Å². The molecule has 2 amide bonds. The summed E-state index contributed by atoms with van der Waals surface area (Å²) in [6, 6.07) is 20.1. The van der Waals surface area contributed by atoms with Crippen molar-refractivity contribution in [2.75, 3.05) is 6.61 Å². The number of ether oxygens (including phenoxy) is 1. The molecule has 0 aliphatic rings. The first-order valence-corrected chi connectivity index (χ1v) is 9.89. The number of benzene rings is 3. The van der Waals surface area contributed by atoms with Crippen molar-refractivity contribution in [3.63, 3.8) is 0 Å². The summed E-state index contributed by atoms with van der Waals surface area (Å²) in [6.07, 6.45) is 0. The summed E-state index contributed by atoms with van der Waals surface area (Å²) in [6.45, 7) is 3.08. The Balaban J connectivity index is 1.63. The van der Waals surface area contributed by atoms with Gasteiger partial charge in [0.1, 0.15) is 0 Å². The number of hydrazine groups is 1. The van der Waals surface area contributed by atoms with Gasteiger partial charge in [0.2, 0.25) is 0 Å². The van der Waals surface area contributed by atoms with Gasteiger partial charge in [0.05, 0.1) is 5.56 Å². The molecule has 0 fully saturated rings.